The zero-order chi connectivity index (χ0) is 15.8. The molecular weight excluding hydrogens is 282 g/mol. The van der Waals surface area contributed by atoms with Crippen molar-refractivity contribution in [2.75, 3.05) is 50.2 Å². The first-order valence-electron chi connectivity index (χ1n) is 7.69. The molecule has 2 rings (SSSR count). The normalized spacial score (nSPS) is 18.1. The smallest absolute Gasteiger partial charge is 0.319 e. The maximum atomic E-state index is 11.7. The van der Waals surface area contributed by atoms with E-state index in [1.165, 1.54) is 0 Å². The lowest BCUT2D eigenvalue weighted by Gasteiger charge is -2.33. The van der Waals surface area contributed by atoms with E-state index in [0.717, 1.165) is 37.5 Å². The minimum Gasteiger partial charge on any atom is -0.385 e. The molecule has 2 N–H and O–H groups in total. The van der Waals surface area contributed by atoms with E-state index in [4.69, 9.17) is 9.47 Å². The molecule has 1 atom stereocenters. The molecule has 0 aliphatic carbocycles. The van der Waals surface area contributed by atoms with Crippen molar-refractivity contribution in [3.8, 4) is 0 Å². The summed E-state index contributed by atoms with van der Waals surface area (Å²) in [6.07, 6.45) is 1.06. The number of nitrogens with zero attached hydrogens (tertiary/aromatic N) is 1. The van der Waals surface area contributed by atoms with E-state index in [1.54, 1.807) is 7.11 Å². The third-order valence-corrected chi connectivity index (χ3v) is 3.54. The highest BCUT2D eigenvalue weighted by Gasteiger charge is 2.16. The Kier molecular flexibility index (Phi) is 6.48. The summed E-state index contributed by atoms with van der Waals surface area (Å²) < 4.78 is 10.5. The summed E-state index contributed by atoms with van der Waals surface area (Å²) in [6.45, 7) is 5.88. The number of hydrogen-bond acceptors (Lipinski definition) is 4. The highest BCUT2D eigenvalue weighted by atomic mass is 16.5. The lowest BCUT2D eigenvalue weighted by atomic mass is 10.2. The van der Waals surface area contributed by atoms with Gasteiger partial charge in [0.1, 0.15) is 0 Å². The second-order valence-corrected chi connectivity index (χ2v) is 5.40. The van der Waals surface area contributed by atoms with Crippen molar-refractivity contribution < 1.29 is 14.3 Å². The zero-order valence-corrected chi connectivity index (χ0v) is 13.3. The summed E-state index contributed by atoms with van der Waals surface area (Å²) in [4.78, 5) is 14.0. The molecule has 6 heteroatoms. The van der Waals surface area contributed by atoms with Gasteiger partial charge in [0, 0.05) is 44.7 Å². The summed E-state index contributed by atoms with van der Waals surface area (Å²) in [5.74, 6) is 0. The molecule has 1 aromatic rings. The number of ether oxygens (including phenoxy) is 2. The number of urea groups is 1. The highest BCUT2D eigenvalue weighted by Crippen LogP contribution is 2.20. The molecule has 1 heterocycles. The molecule has 0 bridgehead atoms. The van der Waals surface area contributed by atoms with Crippen LogP contribution in [0.25, 0.3) is 0 Å². The fourth-order valence-corrected chi connectivity index (χ4v) is 2.40. The second kappa shape index (κ2) is 8.60. The first-order valence-corrected chi connectivity index (χ1v) is 7.69. The topological polar surface area (TPSA) is 62.8 Å². The standard InChI is InChI=1S/C16H25N3O3/c1-13-12-19(9-11-22-13)15-6-4-14(5-7-15)18-16(20)17-8-3-10-21-2/h4-7,13H,3,8-12H2,1-2H3,(H2,17,18,20). The van der Waals surface area contributed by atoms with Gasteiger partial charge in [-0.15, -0.1) is 0 Å². The van der Waals surface area contributed by atoms with E-state index in [2.05, 4.69) is 22.5 Å². The van der Waals surface area contributed by atoms with Crippen molar-refractivity contribution in [1.29, 1.82) is 0 Å². The van der Waals surface area contributed by atoms with Crippen LogP contribution in [-0.2, 0) is 9.47 Å². The minimum atomic E-state index is -0.191. The molecule has 1 aliphatic heterocycles. The number of amides is 2. The Bertz CT molecular complexity index is 464. The van der Waals surface area contributed by atoms with Gasteiger partial charge in [0.25, 0.3) is 0 Å². The molecule has 1 aromatic carbocycles. The molecule has 0 spiro atoms. The molecule has 0 aromatic heterocycles. The molecular formula is C16H25N3O3. The average Bonchev–Trinajstić information content (AvgIpc) is 2.52. The number of nitrogens with one attached hydrogen (secondary N) is 2. The van der Waals surface area contributed by atoms with Crippen molar-refractivity contribution in [3.05, 3.63) is 24.3 Å². The van der Waals surface area contributed by atoms with Crippen LogP contribution in [0, 0.1) is 0 Å². The first-order chi connectivity index (χ1) is 10.7. The predicted octanol–water partition coefficient (Wildman–Crippen LogP) is 2.07. The van der Waals surface area contributed by atoms with Crippen LogP contribution < -0.4 is 15.5 Å². The lowest BCUT2D eigenvalue weighted by Crippen LogP contribution is -2.41. The number of methoxy groups -OCH3 is 1. The monoisotopic (exact) mass is 307 g/mol. The quantitative estimate of drug-likeness (QED) is 0.790. The van der Waals surface area contributed by atoms with E-state index in [-0.39, 0.29) is 12.1 Å². The number of benzene rings is 1. The van der Waals surface area contributed by atoms with Crippen molar-refractivity contribution in [2.24, 2.45) is 0 Å². The van der Waals surface area contributed by atoms with Gasteiger partial charge in [0.05, 0.1) is 12.7 Å². The SMILES string of the molecule is COCCCNC(=O)Nc1ccc(N2CCOC(C)C2)cc1. The molecule has 122 valence electrons. The summed E-state index contributed by atoms with van der Waals surface area (Å²) >= 11 is 0. The molecule has 1 saturated heterocycles. The Morgan fingerprint density at radius 2 is 2.18 bits per heavy atom. The lowest BCUT2D eigenvalue weighted by molar-refractivity contribution is 0.0532. The average molecular weight is 307 g/mol. The van der Waals surface area contributed by atoms with Crippen molar-refractivity contribution in [3.63, 3.8) is 0 Å². The van der Waals surface area contributed by atoms with Crippen LogP contribution in [0.5, 0.6) is 0 Å². The number of carbonyl (C=O) groups is 1. The van der Waals surface area contributed by atoms with Crippen LogP contribution in [0.15, 0.2) is 24.3 Å². The number of hydrogen-bond donors (Lipinski definition) is 2. The molecule has 1 unspecified atom stereocenters. The summed E-state index contributed by atoms with van der Waals surface area (Å²) in [5, 5.41) is 5.62. The van der Waals surface area contributed by atoms with Crippen molar-refractivity contribution >= 4 is 17.4 Å². The Morgan fingerprint density at radius 1 is 1.41 bits per heavy atom. The third-order valence-electron chi connectivity index (χ3n) is 3.54. The Balaban J connectivity index is 1.80. The predicted molar refractivity (Wildman–Crippen MR) is 87.6 cm³/mol. The Hall–Kier alpha value is -1.79. The number of carbonyl (C=O) groups excluding carboxylic acids is 1. The largest absolute Gasteiger partial charge is 0.385 e. The molecule has 22 heavy (non-hydrogen) atoms. The van der Waals surface area contributed by atoms with E-state index >= 15 is 0 Å². The van der Waals surface area contributed by atoms with Gasteiger partial charge >= 0.3 is 6.03 Å². The van der Waals surface area contributed by atoms with Crippen LogP contribution >= 0.6 is 0 Å². The van der Waals surface area contributed by atoms with E-state index in [1.807, 2.05) is 24.3 Å². The molecule has 0 radical (unpaired) electrons. The zero-order valence-electron chi connectivity index (χ0n) is 13.3. The highest BCUT2D eigenvalue weighted by molar-refractivity contribution is 5.89. The van der Waals surface area contributed by atoms with E-state index in [0.29, 0.717) is 13.2 Å². The molecule has 2 amide bonds. The fourth-order valence-electron chi connectivity index (χ4n) is 2.40. The van der Waals surface area contributed by atoms with Crippen molar-refractivity contribution in [2.45, 2.75) is 19.4 Å². The number of anilines is 2. The van der Waals surface area contributed by atoms with Gasteiger partial charge < -0.3 is 25.0 Å². The summed E-state index contributed by atoms with van der Waals surface area (Å²) in [7, 11) is 1.65. The van der Waals surface area contributed by atoms with Crippen LogP contribution in [0.4, 0.5) is 16.2 Å². The van der Waals surface area contributed by atoms with Gasteiger partial charge in [-0.1, -0.05) is 0 Å². The van der Waals surface area contributed by atoms with E-state index < -0.39 is 0 Å². The molecule has 0 saturated carbocycles. The van der Waals surface area contributed by atoms with Crippen LogP contribution in [0.3, 0.4) is 0 Å². The van der Waals surface area contributed by atoms with E-state index in [9.17, 15) is 4.79 Å². The van der Waals surface area contributed by atoms with Gasteiger partial charge in [-0.3, -0.25) is 0 Å². The number of rotatable bonds is 6. The van der Waals surface area contributed by atoms with Gasteiger partial charge in [-0.25, -0.2) is 4.79 Å². The fraction of sp³-hybridized carbons (Fsp3) is 0.562. The molecule has 6 nitrogen and oxygen atoms in total. The summed E-state index contributed by atoms with van der Waals surface area (Å²) in [6, 6.07) is 7.70. The van der Waals surface area contributed by atoms with Gasteiger partial charge in [-0.05, 0) is 37.6 Å². The maximum absolute atomic E-state index is 11.7. The van der Waals surface area contributed by atoms with Crippen LogP contribution in [0.2, 0.25) is 0 Å². The van der Waals surface area contributed by atoms with Crippen LogP contribution in [0.1, 0.15) is 13.3 Å². The molecule has 1 fully saturated rings. The van der Waals surface area contributed by atoms with Gasteiger partial charge in [-0.2, -0.15) is 0 Å². The first kappa shape index (κ1) is 16.6. The maximum Gasteiger partial charge on any atom is 0.319 e. The Morgan fingerprint density at radius 3 is 2.86 bits per heavy atom. The second-order valence-electron chi connectivity index (χ2n) is 5.40. The Labute approximate surface area is 131 Å². The number of morpholine rings is 1. The van der Waals surface area contributed by atoms with Crippen molar-refractivity contribution in [1.82, 2.24) is 5.32 Å². The minimum absolute atomic E-state index is 0.191. The van der Waals surface area contributed by atoms with Gasteiger partial charge in [0.2, 0.25) is 0 Å². The third kappa shape index (κ3) is 5.20. The van der Waals surface area contributed by atoms with Crippen LogP contribution in [-0.4, -0.2) is 52.1 Å². The van der Waals surface area contributed by atoms with Gasteiger partial charge in [0.15, 0.2) is 0 Å². The summed E-state index contributed by atoms with van der Waals surface area (Å²) in [5.41, 5.74) is 1.94. The molecule has 1 aliphatic rings.